The van der Waals surface area contributed by atoms with Crippen LogP contribution in [0.3, 0.4) is 0 Å². The number of aromatic nitrogens is 3. The Morgan fingerprint density at radius 2 is 1.94 bits per heavy atom. The fourth-order valence-electron chi connectivity index (χ4n) is 3.72. The molecule has 166 valence electrons. The van der Waals surface area contributed by atoms with Crippen LogP contribution in [0.15, 0.2) is 42.1 Å². The molecule has 1 atom stereocenters. The van der Waals surface area contributed by atoms with Gasteiger partial charge in [-0.15, -0.1) is 16.8 Å². The van der Waals surface area contributed by atoms with Crippen molar-refractivity contribution >= 4 is 23.6 Å². The molecular weight excluding hydrogens is 410 g/mol. The average Bonchev–Trinajstić information content (AvgIpc) is 3.16. The molecule has 0 aliphatic heterocycles. The van der Waals surface area contributed by atoms with Gasteiger partial charge in [-0.2, -0.15) is 0 Å². The van der Waals surface area contributed by atoms with Gasteiger partial charge in [0.15, 0.2) is 11.0 Å². The lowest BCUT2D eigenvalue weighted by Crippen LogP contribution is -2.37. The van der Waals surface area contributed by atoms with Gasteiger partial charge in [-0.1, -0.05) is 54.8 Å². The minimum absolute atomic E-state index is 0.0207. The maximum absolute atomic E-state index is 12.6. The van der Waals surface area contributed by atoms with Gasteiger partial charge >= 0.3 is 0 Å². The molecule has 3 rings (SSSR count). The van der Waals surface area contributed by atoms with Gasteiger partial charge in [0.1, 0.15) is 0 Å². The largest absolute Gasteiger partial charge is 0.353 e. The second kappa shape index (κ2) is 11.1. The molecule has 2 N–H and O–H groups in total. The average molecular weight is 442 g/mol. The molecular formula is C23H31N5O2S. The van der Waals surface area contributed by atoms with E-state index in [0.29, 0.717) is 29.1 Å². The van der Waals surface area contributed by atoms with E-state index < -0.39 is 0 Å². The van der Waals surface area contributed by atoms with Crippen LogP contribution in [0.1, 0.15) is 66.8 Å². The first-order valence-electron chi connectivity index (χ1n) is 10.8. The van der Waals surface area contributed by atoms with E-state index in [1.165, 1.54) is 31.0 Å². The van der Waals surface area contributed by atoms with E-state index in [2.05, 4.69) is 27.4 Å². The monoisotopic (exact) mass is 441 g/mol. The number of carbonyl (C=O) groups excluding carboxylic acids is 2. The maximum atomic E-state index is 12.6. The van der Waals surface area contributed by atoms with Gasteiger partial charge < -0.3 is 15.2 Å². The van der Waals surface area contributed by atoms with Crippen LogP contribution in [0.25, 0.3) is 0 Å². The molecule has 2 amide bonds. The Kier molecular flexibility index (Phi) is 8.28. The third kappa shape index (κ3) is 6.43. The molecule has 1 heterocycles. The number of allylic oxidation sites excluding steroid dienone is 1. The van der Waals surface area contributed by atoms with Crippen LogP contribution >= 0.6 is 11.8 Å². The summed E-state index contributed by atoms with van der Waals surface area (Å²) in [6, 6.07) is 7.38. The van der Waals surface area contributed by atoms with Crippen LogP contribution in [-0.4, -0.2) is 38.4 Å². The molecule has 1 aliphatic carbocycles. The highest BCUT2D eigenvalue weighted by molar-refractivity contribution is 7.99. The molecule has 0 spiro atoms. The van der Waals surface area contributed by atoms with Gasteiger partial charge in [0, 0.05) is 18.2 Å². The molecule has 1 aliphatic rings. The molecule has 0 unspecified atom stereocenters. The van der Waals surface area contributed by atoms with Crippen LogP contribution < -0.4 is 10.6 Å². The number of hydrogen-bond donors (Lipinski definition) is 2. The molecule has 2 aromatic rings. The minimum Gasteiger partial charge on any atom is -0.353 e. The first-order valence-corrected chi connectivity index (χ1v) is 11.8. The zero-order valence-electron chi connectivity index (χ0n) is 18.3. The van der Waals surface area contributed by atoms with Crippen molar-refractivity contribution in [3.8, 4) is 0 Å². The molecule has 1 saturated carbocycles. The number of thioether (sulfide) groups is 1. The summed E-state index contributed by atoms with van der Waals surface area (Å²) in [5.74, 6) is 0.778. The van der Waals surface area contributed by atoms with Gasteiger partial charge in [-0.05, 0) is 38.8 Å². The van der Waals surface area contributed by atoms with E-state index >= 15 is 0 Å². The SMILES string of the molecule is C=CCn1c(SCC(=O)NC2CCCCC2)nnc1[C@@H](C)NC(=O)c1ccc(C)cc1. The zero-order chi connectivity index (χ0) is 22.2. The van der Waals surface area contributed by atoms with Crippen LogP contribution in [0, 0.1) is 6.92 Å². The Hall–Kier alpha value is -2.61. The van der Waals surface area contributed by atoms with Gasteiger partial charge in [0.05, 0.1) is 11.8 Å². The third-order valence-electron chi connectivity index (χ3n) is 5.41. The number of hydrogen-bond acceptors (Lipinski definition) is 5. The number of rotatable bonds is 9. The van der Waals surface area contributed by atoms with E-state index in [1.54, 1.807) is 18.2 Å². The van der Waals surface area contributed by atoms with Crippen molar-refractivity contribution < 1.29 is 9.59 Å². The van der Waals surface area contributed by atoms with Crippen molar-refractivity contribution in [1.29, 1.82) is 0 Å². The third-order valence-corrected chi connectivity index (χ3v) is 6.38. The number of nitrogens with zero attached hydrogens (tertiary/aromatic N) is 3. The molecule has 1 aromatic heterocycles. The molecule has 1 aromatic carbocycles. The number of benzene rings is 1. The van der Waals surface area contributed by atoms with Gasteiger partial charge in [0.2, 0.25) is 5.91 Å². The smallest absolute Gasteiger partial charge is 0.251 e. The normalized spacial score (nSPS) is 15.3. The Bertz CT molecular complexity index is 903. The van der Waals surface area contributed by atoms with Gasteiger partial charge in [-0.3, -0.25) is 9.59 Å². The molecule has 0 radical (unpaired) electrons. The summed E-state index contributed by atoms with van der Waals surface area (Å²) in [5.41, 5.74) is 1.70. The van der Waals surface area contributed by atoms with E-state index in [4.69, 9.17) is 0 Å². The lowest BCUT2D eigenvalue weighted by Gasteiger charge is -2.22. The molecule has 0 bridgehead atoms. The number of nitrogens with one attached hydrogen (secondary N) is 2. The quantitative estimate of drug-likeness (QED) is 0.456. The van der Waals surface area contributed by atoms with Crippen molar-refractivity contribution in [2.45, 2.75) is 69.7 Å². The number of carbonyl (C=O) groups is 2. The lowest BCUT2D eigenvalue weighted by atomic mass is 9.95. The van der Waals surface area contributed by atoms with Crippen LogP contribution in [0.4, 0.5) is 0 Å². The topological polar surface area (TPSA) is 88.9 Å². The lowest BCUT2D eigenvalue weighted by molar-refractivity contribution is -0.119. The summed E-state index contributed by atoms with van der Waals surface area (Å²) in [6.07, 6.45) is 7.50. The Labute approximate surface area is 188 Å². The van der Waals surface area contributed by atoms with Crippen molar-refractivity contribution in [1.82, 2.24) is 25.4 Å². The second-order valence-corrected chi connectivity index (χ2v) is 8.93. The molecule has 31 heavy (non-hydrogen) atoms. The van der Waals surface area contributed by atoms with E-state index in [1.807, 2.05) is 30.5 Å². The first-order chi connectivity index (χ1) is 15.0. The Morgan fingerprint density at radius 3 is 2.61 bits per heavy atom. The van der Waals surface area contributed by atoms with Crippen molar-refractivity contribution in [2.24, 2.45) is 0 Å². The highest BCUT2D eigenvalue weighted by Crippen LogP contribution is 2.22. The summed E-state index contributed by atoms with van der Waals surface area (Å²) in [7, 11) is 0. The molecule has 0 saturated heterocycles. The molecule has 7 nitrogen and oxygen atoms in total. The van der Waals surface area contributed by atoms with Gasteiger partial charge in [-0.25, -0.2) is 0 Å². The zero-order valence-corrected chi connectivity index (χ0v) is 19.1. The second-order valence-electron chi connectivity index (χ2n) is 7.99. The summed E-state index contributed by atoms with van der Waals surface area (Å²) in [6.45, 7) is 8.17. The Balaban J connectivity index is 1.61. The standard InChI is InChI=1S/C23H31N5O2S/c1-4-14-28-21(17(3)24-22(30)18-12-10-16(2)11-13-18)26-27-23(28)31-15-20(29)25-19-8-6-5-7-9-19/h4,10-13,17,19H,1,5-9,14-15H2,2-3H3,(H,24,30)(H,25,29)/t17-/m1/s1. The van der Waals surface area contributed by atoms with Crippen molar-refractivity contribution in [2.75, 3.05) is 5.75 Å². The van der Waals surface area contributed by atoms with E-state index in [-0.39, 0.29) is 23.6 Å². The van der Waals surface area contributed by atoms with Crippen LogP contribution in [0.5, 0.6) is 0 Å². The van der Waals surface area contributed by atoms with E-state index in [9.17, 15) is 9.59 Å². The predicted molar refractivity (Wildman–Crippen MR) is 123 cm³/mol. The maximum Gasteiger partial charge on any atom is 0.251 e. The van der Waals surface area contributed by atoms with Crippen LogP contribution in [0.2, 0.25) is 0 Å². The summed E-state index contributed by atoms with van der Waals surface area (Å²) >= 11 is 1.36. The van der Waals surface area contributed by atoms with E-state index in [0.717, 1.165) is 18.4 Å². The Morgan fingerprint density at radius 1 is 1.23 bits per heavy atom. The number of aryl methyl sites for hydroxylation is 1. The molecule has 8 heteroatoms. The highest BCUT2D eigenvalue weighted by Gasteiger charge is 2.21. The fourth-order valence-corrected chi connectivity index (χ4v) is 4.49. The minimum atomic E-state index is -0.341. The van der Waals surface area contributed by atoms with Gasteiger partial charge in [0.25, 0.3) is 5.91 Å². The molecule has 1 fully saturated rings. The summed E-state index contributed by atoms with van der Waals surface area (Å²) < 4.78 is 1.89. The van der Waals surface area contributed by atoms with Crippen molar-refractivity contribution in [3.63, 3.8) is 0 Å². The fraction of sp³-hybridized carbons (Fsp3) is 0.478. The predicted octanol–water partition coefficient (Wildman–Crippen LogP) is 3.80. The number of amides is 2. The summed E-state index contributed by atoms with van der Waals surface area (Å²) in [4.78, 5) is 24.9. The first kappa shape index (κ1) is 23.1. The van der Waals surface area contributed by atoms with Crippen LogP contribution in [-0.2, 0) is 11.3 Å². The summed E-state index contributed by atoms with van der Waals surface area (Å²) in [5, 5.41) is 15.3. The highest BCUT2D eigenvalue weighted by atomic mass is 32.2. The van der Waals surface area contributed by atoms with Crippen molar-refractivity contribution in [3.05, 3.63) is 53.9 Å².